The van der Waals surface area contributed by atoms with Gasteiger partial charge in [-0.3, -0.25) is 33.4 Å². The van der Waals surface area contributed by atoms with Crippen LogP contribution in [0.3, 0.4) is 0 Å². The number of sulfonamides is 1. The summed E-state index contributed by atoms with van der Waals surface area (Å²) in [6, 6.07) is 23.8. The number of nitro groups is 1. The van der Waals surface area contributed by atoms with Crippen molar-refractivity contribution in [2.24, 2.45) is 21.1 Å². The Morgan fingerprint density at radius 1 is 0.916 bits per heavy atom. The number of carbonyl (C=O) groups is 1. The summed E-state index contributed by atoms with van der Waals surface area (Å²) >= 11 is 8.66. The number of hydrogen-bond donors (Lipinski definition) is 2. The number of hydrogen-bond acceptors (Lipinski definition) is 18. The molecule has 440 valence electrons. The van der Waals surface area contributed by atoms with Gasteiger partial charge in [-0.1, -0.05) is 35.9 Å². The minimum Gasteiger partial charge on any atom is -0.506 e. The van der Waals surface area contributed by atoms with E-state index in [9.17, 15) is 45.3 Å². The van der Waals surface area contributed by atoms with E-state index in [1.807, 2.05) is 30.3 Å². The van der Waals surface area contributed by atoms with Gasteiger partial charge in [0.2, 0.25) is 10.0 Å². The lowest BCUT2D eigenvalue weighted by Gasteiger charge is -2.36. The Hall–Kier alpha value is -7.31. The predicted molar refractivity (Wildman–Crippen MR) is 316 cm³/mol. The summed E-state index contributed by atoms with van der Waals surface area (Å²) in [7, 11) is -2.81. The Labute approximate surface area is 489 Å². The number of aromatic hydroxyl groups is 1. The molecule has 1 saturated heterocycles. The largest absolute Gasteiger partial charge is 0.506 e. The monoisotopic (exact) mass is 1230 g/mol. The normalized spacial score (nSPS) is 13.6. The number of pyridine rings is 1. The van der Waals surface area contributed by atoms with E-state index >= 15 is 0 Å². The first-order chi connectivity index (χ1) is 39.3. The summed E-state index contributed by atoms with van der Waals surface area (Å²) in [6.45, 7) is 1.08. The average molecular weight is 1230 g/mol. The number of nitrogens with one attached hydrogen (secondary N) is 1. The smallest absolute Gasteiger partial charge is 0.354 e. The van der Waals surface area contributed by atoms with Crippen LogP contribution >= 0.6 is 23.4 Å². The molecule has 29 heteroatoms. The van der Waals surface area contributed by atoms with Gasteiger partial charge in [0.25, 0.3) is 26.0 Å². The first-order valence-corrected chi connectivity index (χ1v) is 32.0. The third-order valence-electron chi connectivity index (χ3n) is 14.1. The Bertz CT molecular complexity index is 4140. The number of ether oxygens (including phenoxy) is 2. The zero-order valence-electron chi connectivity index (χ0n) is 46.3. The van der Waals surface area contributed by atoms with Gasteiger partial charge >= 0.3 is 5.97 Å². The number of esters is 1. The summed E-state index contributed by atoms with van der Waals surface area (Å²) in [6.07, 6.45) is 2.85. The highest BCUT2D eigenvalue weighted by molar-refractivity contribution is 7.98. The molecule has 0 bridgehead atoms. The van der Waals surface area contributed by atoms with Crippen molar-refractivity contribution in [2.45, 2.75) is 42.3 Å². The van der Waals surface area contributed by atoms with Crippen molar-refractivity contribution in [3.05, 3.63) is 146 Å². The summed E-state index contributed by atoms with van der Waals surface area (Å²) < 4.78 is 105. The molecule has 4 aromatic carbocycles. The van der Waals surface area contributed by atoms with Crippen molar-refractivity contribution in [2.75, 3.05) is 69.9 Å². The van der Waals surface area contributed by atoms with Gasteiger partial charge in [-0.15, -0.1) is 11.8 Å². The van der Waals surface area contributed by atoms with Crippen LogP contribution in [0.1, 0.15) is 50.8 Å². The number of aromatic nitrogens is 6. The number of phenols is 1. The number of nitrogens with zero attached hydrogens (tertiary/aromatic N) is 10. The van der Waals surface area contributed by atoms with Gasteiger partial charge in [0.15, 0.2) is 0 Å². The van der Waals surface area contributed by atoms with E-state index in [0.717, 1.165) is 27.9 Å². The molecule has 83 heavy (non-hydrogen) atoms. The number of carbonyl (C=O) groups excluding carboxylic acids is 1. The summed E-state index contributed by atoms with van der Waals surface area (Å²) in [5, 5.41) is 34.4. The molecule has 0 aliphatic carbocycles. The standard InChI is InChI=1S/C54H60ClN11O13S4/c1-60(2)83(75,76)65-24-22-64(23-25-65)37-15-17-39(18-16-37)78-31-45-49(48-43(55)20-19-42-41(13-10-26-79-81(7,71)72)53(54(68)77-6)61(3)52(42)48)46(63(5)58-45)33-82(73,74)59-44-14-8-11-35(51(44)66(69)70)27-36-29-38(62(4)57-36)32-80-40-28-34-12-9-21-56-50(34)47(67)30-40/h8-9,11-12,14-21,28-30,59,67H,10,13,22-27,31-33H2,1-7H3. The fourth-order valence-electron chi connectivity index (χ4n) is 10.2. The number of halogens is 1. The minimum absolute atomic E-state index is 0.0231. The number of para-hydroxylation sites is 1. The second-order valence-corrected chi connectivity index (χ2v) is 26.8. The lowest BCUT2D eigenvalue weighted by molar-refractivity contribution is -0.384. The van der Waals surface area contributed by atoms with Crippen LogP contribution in [-0.2, 0) is 91.4 Å². The highest BCUT2D eigenvalue weighted by Crippen LogP contribution is 2.44. The minimum atomic E-state index is -4.58. The number of piperazine rings is 1. The van der Waals surface area contributed by atoms with E-state index in [2.05, 4.69) is 19.7 Å². The molecule has 2 N–H and O–H groups in total. The fraction of sp³-hybridized carbons (Fsp3) is 0.333. The first kappa shape index (κ1) is 60.3. The molecule has 0 radical (unpaired) electrons. The van der Waals surface area contributed by atoms with Gasteiger partial charge in [0, 0.05) is 124 Å². The molecular weight excluding hydrogens is 1170 g/mol. The van der Waals surface area contributed by atoms with Crippen molar-refractivity contribution in [1.29, 1.82) is 0 Å². The first-order valence-electron chi connectivity index (χ1n) is 25.8. The number of rotatable bonds is 23. The number of aryl methyl sites for hydroxylation is 4. The second kappa shape index (κ2) is 24.5. The molecule has 0 unspecified atom stereocenters. The van der Waals surface area contributed by atoms with Crippen molar-refractivity contribution in [3.63, 3.8) is 0 Å². The van der Waals surface area contributed by atoms with Crippen LogP contribution in [0.2, 0.25) is 5.02 Å². The summed E-state index contributed by atoms with van der Waals surface area (Å²) in [5.41, 5.74) is 3.81. The van der Waals surface area contributed by atoms with E-state index in [-0.39, 0.29) is 82.7 Å². The second-order valence-electron chi connectivity index (χ2n) is 19.8. The molecule has 0 saturated carbocycles. The van der Waals surface area contributed by atoms with E-state index < -0.39 is 52.7 Å². The number of fused-ring (bicyclic) bond motifs is 2. The Balaban J connectivity index is 1.03. The zero-order valence-corrected chi connectivity index (χ0v) is 50.3. The average Bonchev–Trinajstić information content (AvgIpc) is 2.81. The van der Waals surface area contributed by atoms with E-state index in [1.54, 1.807) is 65.9 Å². The van der Waals surface area contributed by atoms with Gasteiger partial charge in [-0.25, -0.2) is 13.2 Å². The van der Waals surface area contributed by atoms with Gasteiger partial charge in [-0.05, 0) is 79.1 Å². The molecule has 5 heterocycles. The number of methoxy groups -OCH3 is 1. The Kier molecular flexibility index (Phi) is 17.8. The molecular formula is C54H60ClN11O13S4. The quantitative estimate of drug-likeness (QED) is 0.0160. The molecule has 1 aliphatic heterocycles. The summed E-state index contributed by atoms with van der Waals surface area (Å²) in [4.78, 5) is 33.1. The number of thioether (sulfide) groups is 1. The highest BCUT2D eigenvalue weighted by Gasteiger charge is 2.33. The topological polar surface area (TPSA) is 286 Å². The summed E-state index contributed by atoms with van der Waals surface area (Å²) in [5.74, 6) is -0.595. The predicted octanol–water partition coefficient (Wildman–Crippen LogP) is 7.16. The third kappa shape index (κ3) is 13.2. The van der Waals surface area contributed by atoms with Gasteiger partial charge < -0.3 is 24.0 Å². The number of anilines is 2. The Morgan fingerprint density at radius 3 is 2.34 bits per heavy atom. The van der Waals surface area contributed by atoms with Crippen LogP contribution in [0.15, 0.2) is 96.0 Å². The van der Waals surface area contributed by atoms with Gasteiger partial charge in [0.1, 0.15) is 46.5 Å². The molecule has 1 aliphatic rings. The molecule has 4 aromatic heterocycles. The van der Waals surface area contributed by atoms with Gasteiger partial charge in [0.05, 0.1) is 46.8 Å². The maximum absolute atomic E-state index is 14.7. The highest BCUT2D eigenvalue weighted by atomic mass is 35.5. The maximum Gasteiger partial charge on any atom is 0.354 e. The molecule has 8 aromatic rings. The lowest BCUT2D eigenvalue weighted by atomic mass is 9.98. The van der Waals surface area contributed by atoms with Gasteiger partial charge in [-0.2, -0.15) is 35.6 Å². The van der Waals surface area contributed by atoms with Crippen LogP contribution < -0.4 is 14.4 Å². The van der Waals surface area contributed by atoms with Crippen LogP contribution in [0.25, 0.3) is 32.9 Å². The van der Waals surface area contributed by atoms with Crippen LogP contribution in [0.5, 0.6) is 11.5 Å². The van der Waals surface area contributed by atoms with E-state index in [0.29, 0.717) is 65.4 Å². The van der Waals surface area contributed by atoms with Crippen LogP contribution in [-0.4, -0.2) is 139 Å². The molecule has 0 amide bonds. The lowest BCUT2D eigenvalue weighted by Crippen LogP contribution is -2.51. The number of phenolic OH excluding ortho intramolecular Hbond substituents is 1. The molecule has 0 atom stereocenters. The van der Waals surface area contributed by atoms with E-state index in [1.165, 1.54) is 71.5 Å². The number of nitro benzene ring substituents is 1. The van der Waals surface area contributed by atoms with Crippen molar-refractivity contribution >= 4 is 98.6 Å². The van der Waals surface area contributed by atoms with Crippen molar-refractivity contribution in [1.82, 2.24) is 37.7 Å². The fourth-order valence-corrected chi connectivity index (χ4v) is 14.2. The molecule has 24 nitrogen and oxygen atoms in total. The van der Waals surface area contributed by atoms with E-state index in [4.69, 9.17) is 30.4 Å². The molecule has 9 rings (SSSR count). The van der Waals surface area contributed by atoms with Crippen molar-refractivity contribution in [3.8, 4) is 22.6 Å². The number of benzene rings is 4. The zero-order chi connectivity index (χ0) is 59.7. The van der Waals surface area contributed by atoms with Crippen molar-refractivity contribution < 1.29 is 53.7 Å². The third-order valence-corrected chi connectivity index (χ3v) is 19.1. The maximum atomic E-state index is 14.7. The molecule has 0 spiro atoms. The SMILES string of the molecule is COC(=O)c1c(CCCOS(C)(=O)=O)c2ccc(Cl)c(-c3c(COc4ccc(N5CCN(S(=O)(=O)N(C)C)CC5)cc4)nn(C)c3CS(=O)(=O)Nc3cccc(Cc4cc(CSc5cc(O)c6ncccc6c5)n(C)n4)c3[N+](=O)[O-])c2n1C. The van der Waals surface area contributed by atoms with Crippen LogP contribution in [0.4, 0.5) is 17.1 Å². The molecule has 1 fully saturated rings. The van der Waals surface area contributed by atoms with Crippen LogP contribution in [0, 0.1) is 10.1 Å². The Morgan fingerprint density at radius 2 is 1.65 bits per heavy atom.